The van der Waals surface area contributed by atoms with Crippen LogP contribution in [0.3, 0.4) is 0 Å². The molecule has 0 spiro atoms. The SMILES string of the molecule is COC(=O)c1ccc2c(c1)[C@@H]1NC(=O)/C(=C/O[C@H]3C=C(C)C(=O)O3)[C@H]1C2. The molecule has 1 fully saturated rings. The van der Waals surface area contributed by atoms with Gasteiger partial charge < -0.3 is 19.5 Å². The number of nitrogens with one attached hydrogen (secondary N) is 1. The Bertz CT molecular complexity index is 884. The third kappa shape index (κ3) is 2.56. The molecule has 2 heterocycles. The number of esters is 2. The van der Waals surface area contributed by atoms with Crippen LogP contribution in [-0.4, -0.2) is 31.2 Å². The van der Waals surface area contributed by atoms with E-state index in [1.54, 1.807) is 25.1 Å². The summed E-state index contributed by atoms with van der Waals surface area (Å²) < 4.78 is 15.2. The standard InChI is InChI=1S/C19H17NO6/c1-9-5-15(26-18(9)22)25-8-14-13-6-10-3-4-11(19(23)24-2)7-12(10)16(13)20-17(14)21/h3-5,7-8,13,15-16H,6H2,1-2H3,(H,20,21)/b14-8+/t13-,15-,16+/m1/s1. The number of methoxy groups -OCH3 is 1. The molecule has 7 nitrogen and oxygen atoms in total. The van der Waals surface area contributed by atoms with E-state index in [0.29, 0.717) is 23.1 Å². The summed E-state index contributed by atoms with van der Waals surface area (Å²) >= 11 is 0. The van der Waals surface area contributed by atoms with E-state index in [-0.39, 0.29) is 17.9 Å². The average molecular weight is 355 g/mol. The van der Waals surface area contributed by atoms with Gasteiger partial charge >= 0.3 is 11.9 Å². The number of ether oxygens (including phenoxy) is 3. The van der Waals surface area contributed by atoms with Crippen molar-refractivity contribution < 1.29 is 28.6 Å². The van der Waals surface area contributed by atoms with Crippen LogP contribution in [0, 0.1) is 5.92 Å². The number of cyclic esters (lactones) is 1. The summed E-state index contributed by atoms with van der Waals surface area (Å²) in [6, 6.07) is 5.16. The van der Waals surface area contributed by atoms with Crippen LogP contribution in [0.4, 0.5) is 0 Å². The van der Waals surface area contributed by atoms with Crippen LogP contribution < -0.4 is 5.32 Å². The van der Waals surface area contributed by atoms with Gasteiger partial charge in [-0.05, 0) is 36.6 Å². The van der Waals surface area contributed by atoms with Crippen LogP contribution in [0.25, 0.3) is 0 Å². The quantitative estimate of drug-likeness (QED) is 0.503. The fourth-order valence-corrected chi connectivity index (χ4v) is 3.60. The van der Waals surface area contributed by atoms with Gasteiger partial charge in [-0.2, -0.15) is 0 Å². The summed E-state index contributed by atoms with van der Waals surface area (Å²) in [6.07, 6.45) is 2.79. The van der Waals surface area contributed by atoms with E-state index >= 15 is 0 Å². The van der Waals surface area contributed by atoms with Gasteiger partial charge in [-0.3, -0.25) is 4.79 Å². The number of benzene rings is 1. The lowest BCUT2D eigenvalue weighted by Crippen LogP contribution is -2.19. The lowest BCUT2D eigenvalue weighted by atomic mass is 9.97. The van der Waals surface area contributed by atoms with Crippen molar-refractivity contribution in [3.63, 3.8) is 0 Å². The molecular formula is C19H17NO6. The number of amides is 1. The molecule has 134 valence electrons. The maximum absolute atomic E-state index is 12.3. The molecule has 0 radical (unpaired) electrons. The maximum atomic E-state index is 12.3. The van der Waals surface area contributed by atoms with E-state index in [1.807, 2.05) is 6.07 Å². The van der Waals surface area contributed by atoms with E-state index < -0.39 is 18.2 Å². The molecule has 7 heteroatoms. The van der Waals surface area contributed by atoms with Crippen molar-refractivity contribution in [1.82, 2.24) is 5.32 Å². The molecule has 0 bridgehead atoms. The normalized spacial score (nSPS) is 27.5. The van der Waals surface area contributed by atoms with Gasteiger partial charge in [-0.15, -0.1) is 0 Å². The summed E-state index contributed by atoms with van der Waals surface area (Å²) in [4.78, 5) is 35.5. The minimum Gasteiger partial charge on any atom is -0.465 e. The fraction of sp³-hybridized carbons (Fsp3) is 0.316. The van der Waals surface area contributed by atoms with Crippen molar-refractivity contribution in [2.45, 2.75) is 25.7 Å². The Morgan fingerprint density at radius 1 is 1.35 bits per heavy atom. The zero-order chi connectivity index (χ0) is 18.4. The Hall–Kier alpha value is -3.09. The van der Waals surface area contributed by atoms with Crippen LogP contribution in [0.1, 0.15) is 34.5 Å². The summed E-state index contributed by atoms with van der Waals surface area (Å²) in [5.74, 6) is -1.15. The van der Waals surface area contributed by atoms with E-state index in [0.717, 1.165) is 11.1 Å². The van der Waals surface area contributed by atoms with E-state index in [2.05, 4.69) is 5.32 Å². The highest BCUT2D eigenvalue weighted by molar-refractivity contribution is 5.97. The number of carbonyl (C=O) groups is 3. The van der Waals surface area contributed by atoms with Gasteiger partial charge in [0.2, 0.25) is 0 Å². The Balaban J connectivity index is 1.56. The number of carbonyl (C=O) groups excluding carboxylic acids is 3. The van der Waals surface area contributed by atoms with Crippen molar-refractivity contribution >= 4 is 17.8 Å². The second-order valence-corrected chi connectivity index (χ2v) is 6.50. The zero-order valence-electron chi connectivity index (χ0n) is 14.3. The maximum Gasteiger partial charge on any atom is 0.337 e. The molecule has 1 aromatic rings. The van der Waals surface area contributed by atoms with E-state index in [1.165, 1.54) is 13.4 Å². The Morgan fingerprint density at radius 2 is 2.15 bits per heavy atom. The molecule has 1 saturated heterocycles. The number of hydrogen-bond donors (Lipinski definition) is 1. The van der Waals surface area contributed by atoms with Gasteiger partial charge in [0.15, 0.2) is 0 Å². The fourth-order valence-electron chi connectivity index (χ4n) is 3.60. The van der Waals surface area contributed by atoms with Gasteiger partial charge in [0.25, 0.3) is 12.2 Å². The van der Waals surface area contributed by atoms with E-state index in [9.17, 15) is 14.4 Å². The first kappa shape index (κ1) is 16.4. The van der Waals surface area contributed by atoms with Gasteiger partial charge in [0.1, 0.15) is 0 Å². The average Bonchev–Trinajstić information content (AvgIpc) is 3.24. The first-order valence-corrected chi connectivity index (χ1v) is 8.25. The molecule has 0 unspecified atom stereocenters. The second kappa shape index (κ2) is 6.01. The van der Waals surface area contributed by atoms with Gasteiger partial charge in [0.05, 0.1) is 30.6 Å². The van der Waals surface area contributed by atoms with Crippen LogP contribution in [0.15, 0.2) is 41.7 Å². The highest BCUT2D eigenvalue weighted by atomic mass is 16.7. The molecule has 1 N–H and O–H groups in total. The molecule has 0 saturated carbocycles. The van der Waals surface area contributed by atoms with Gasteiger partial charge in [-0.25, -0.2) is 9.59 Å². The zero-order valence-corrected chi connectivity index (χ0v) is 14.3. The smallest absolute Gasteiger partial charge is 0.337 e. The lowest BCUT2D eigenvalue weighted by Gasteiger charge is -2.11. The largest absolute Gasteiger partial charge is 0.465 e. The summed E-state index contributed by atoms with van der Waals surface area (Å²) in [5.41, 5.74) is 3.41. The molecule has 0 aromatic heterocycles. The molecule has 3 atom stereocenters. The van der Waals surface area contributed by atoms with Crippen molar-refractivity contribution in [1.29, 1.82) is 0 Å². The molecule has 3 aliphatic rings. The first-order chi connectivity index (χ1) is 12.5. The van der Waals surface area contributed by atoms with E-state index in [4.69, 9.17) is 14.2 Å². The predicted octanol–water partition coefficient (Wildman–Crippen LogP) is 1.55. The van der Waals surface area contributed by atoms with Crippen LogP contribution in [-0.2, 0) is 30.2 Å². The molecule has 1 aromatic carbocycles. The molecule has 4 rings (SSSR count). The van der Waals surface area contributed by atoms with Crippen molar-refractivity contribution in [3.05, 3.63) is 58.4 Å². The molecule has 2 aliphatic heterocycles. The van der Waals surface area contributed by atoms with Crippen LogP contribution >= 0.6 is 0 Å². The minimum absolute atomic E-state index is 0.0902. The summed E-state index contributed by atoms with van der Waals surface area (Å²) in [6.45, 7) is 1.64. The number of rotatable bonds is 3. The molecule has 1 aliphatic carbocycles. The molecule has 26 heavy (non-hydrogen) atoms. The number of hydrogen-bond acceptors (Lipinski definition) is 6. The summed E-state index contributed by atoms with van der Waals surface area (Å²) in [7, 11) is 1.33. The minimum atomic E-state index is -0.809. The second-order valence-electron chi connectivity index (χ2n) is 6.50. The summed E-state index contributed by atoms with van der Waals surface area (Å²) in [5, 5.41) is 2.94. The predicted molar refractivity (Wildman–Crippen MR) is 88.7 cm³/mol. The Kier molecular flexibility index (Phi) is 3.79. The third-order valence-corrected chi connectivity index (χ3v) is 4.95. The monoisotopic (exact) mass is 355 g/mol. The van der Waals surface area contributed by atoms with Crippen LogP contribution in [0.2, 0.25) is 0 Å². The number of fused-ring (bicyclic) bond motifs is 3. The Labute approximate surface area is 149 Å². The topological polar surface area (TPSA) is 90.9 Å². The van der Waals surface area contributed by atoms with Gasteiger partial charge in [0, 0.05) is 17.6 Å². The van der Waals surface area contributed by atoms with Crippen molar-refractivity contribution in [3.8, 4) is 0 Å². The molecule has 1 amide bonds. The highest BCUT2D eigenvalue weighted by Gasteiger charge is 2.44. The van der Waals surface area contributed by atoms with Gasteiger partial charge in [-0.1, -0.05) is 6.07 Å². The highest BCUT2D eigenvalue weighted by Crippen LogP contribution is 2.44. The molecular weight excluding hydrogens is 338 g/mol. The van der Waals surface area contributed by atoms with Crippen molar-refractivity contribution in [2.24, 2.45) is 5.92 Å². The third-order valence-electron chi connectivity index (χ3n) is 4.95. The van der Waals surface area contributed by atoms with Crippen molar-refractivity contribution in [2.75, 3.05) is 7.11 Å². The lowest BCUT2D eigenvalue weighted by molar-refractivity contribution is -0.152. The Morgan fingerprint density at radius 3 is 2.85 bits per heavy atom. The van der Waals surface area contributed by atoms with Crippen LogP contribution in [0.5, 0.6) is 0 Å². The first-order valence-electron chi connectivity index (χ1n) is 8.25.